The standard InChI is InChI=1S/C20H34FN5.HI/c1-4-25-10-12-26(13-11-25)16-17(2)15-24-20(22-3)23-9-8-18-6-5-7-19(21)14-18;/h5-7,14,17H,4,8-13,15-16H2,1-3H3,(H2,22,23,24);1H. The number of rotatable bonds is 8. The number of nitrogens with one attached hydrogen (secondary N) is 2. The summed E-state index contributed by atoms with van der Waals surface area (Å²) < 4.78 is 13.2. The molecule has 1 heterocycles. The van der Waals surface area contributed by atoms with Gasteiger partial charge in [0, 0.05) is 52.9 Å². The van der Waals surface area contributed by atoms with Gasteiger partial charge in [-0.2, -0.15) is 0 Å². The molecule has 1 unspecified atom stereocenters. The molecule has 0 radical (unpaired) electrons. The molecule has 1 aromatic rings. The first-order chi connectivity index (χ1) is 12.6. The maximum absolute atomic E-state index is 13.2. The van der Waals surface area contributed by atoms with Crippen LogP contribution in [0.4, 0.5) is 4.39 Å². The first kappa shape index (κ1) is 24.1. The second-order valence-electron chi connectivity index (χ2n) is 7.10. The van der Waals surface area contributed by atoms with Crippen molar-refractivity contribution in [2.45, 2.75) is 20.3 Å². The van der Waals surface area contributed by atoms with Crippen molar-refractivity contribution in [3.63, 3.8) is 0 Å². The third kappa shape index (κ3) is 9.21. The quantitative estimate of drug-likeness (QED) is 0.333. The van der Waals surface area contributed by atoms with Crippen LogP contribution in [0.3, 0.4) is 0 Å². The summed E-state index contributed by atoms with van der Waals surface area (Å²) in [5.74, 6) is 1.19. The summed E-state index contributed by atoms with van der Waals surface area (Å²) in [6.07, 6.45) is 0.774. The zero-order chi connectivity index (χ0) is 18.8. The predicted octanol–water partition coefficient (Wildman–Crippen LogP) is 2.42. The van der Waals surface area contributed by atoms with Gasteiger partial charge in [0.1, 0.15) is 5.82 Å². The Bertz CT molecular complexity index is 561. The van der Waals surface area contributed by atoms with Crippen LogP contribution in [-0.4, -0.2) is 75.2 Å². The zero-order valence-corrected chi connectivity index (χ0v) is 19.2. The number of guanidine groups is 1. The summed E-state index contributed by atoms with van der Waals surface area (Å²) in [5.41, 5.74) is 0.993. The Morgan fingerprint density at radius 3 is 2.52 bits per heavy atom. The van der Waals surface area contributed by atoms with E-state index in [-0.39, 0.29) is 29.8 Å². The van der Waals surface area contributed by atoms with Crippen LogP contribution in [-0.2, 0) is 6.42 Å². The molecule has 0 aromatic heterocycles. The first-order valence-electron chi connectivity index (χ1n) is 9.74. The van der Waals surface area contributed by atoms with E-state index in [1.807, 2.05) is 6.07 Å². The molecule has 1 aromatic carbocycles. The van der Waals surface area contributed by atoms with Crippen molar-refractivity contribution >= 4 is 29.9 Å². The molecule has 2 N–H and O–H groups in total. The largest absolute Gasteiger partial charge is 0.356 e. The molecule has 1 aliphatic heterocycles. The molecular formula is C20H35FIN5. The molecule has 1 atom stereocenters. The molecule has 0 spiro atoms. The molecule has 1 saturated heterocycles. The molecular weight excluding hydrogens is 456 g/mol. The summed E-state index contributed by atoms with van der Waals surface area (Å²) in [4.78, 5) is 9.33. The van der Waals surface area contributed by atoms with Crippen molar-refractivity contribution < 1.29 is 4.39 Å². The van der Waals surface area contributed by atoms with Gasteiger partial charge >= 0.3 is 0 Å². The van der Waals surface area contributed by atoms with Crippen molar-refractivity contribution in [3.05, 3.63) is 35.6 Å². The normalized spacial score (nSPS) is 17.3. The Balaban J connectivity index is 0.00000364. The molecule has 1 aliphatic rings. The second-order valence-corrected chi connectivity index (χ2v) is 7.10. The van der Waals surface area contributed by atoms with Crippen LogP contribution in [0.25, 0.3) is 0 Å². The third-order valence-electron chi connectivity index (χ3n) is 4.92. The lowest BCUT2D eigenvalue weighted by molar-refractivity contribution is 0.124. The Labute approximate surface area is 180 Å². The summed E-state index contributed by atoms with van der Waals surface area (Å²) in [6.45, 7) is 13.1. The molecule has 0 saturated carbocycles. The maximum Gasteiger partial charge on any atom is 0.190 e. The van der Waals surface area contributed by atoms with Gasteiger partial charge in [0.15, 0.2) is 5.96 Å². The second kappa shape index (κ2) is 13.3. The Morgan fingerprint density at radius 1 is 1.19 bits per heavy atom. The lowest BCUT2D eigenvalue weighted by Crippen LogP contribution is -2.48. The van der Waals surface area contributed by atoms with Gasteiger partial charge in [0.25, 0.3) is 0 Å². The van der Waals surface area contributed by atoms with E-state index in [1.165, 1.54) is 32.2 Å². The number of likely N-dealkylation sites (N-methyl/N-ethyl adjacent to an activating group) is 1. The van der Waals surface area contributed by atoms with Crippen LogP contribution in [0.15, 0.2) is 29.3 Å². The van der Waals surface area contributed by atoms with Gasteiger partial charge in [-0.25, -0.2) is 4.39 Å². The van der Waals surface area contributed by atoms with Crippen LogP contribution in [0.5, 0.6) is 0 Å². The topological polar surface area (TPSA) is 42.9 Å². The highest BCUT2D eigenvalue weighted by Gasteiger charge is 2.17. The zero-order valence-electron chi connectivity index (χ0n) is 16.9. The summed E-state index contributed by atoms with van der Waals surface area (Å²) in [5, 5.41) is 6.71. The fourth-order valence-corrected chi connectivity index (χ4v) is 3.30. The Morgan fingerprint density at radius 2 is 1.89 bits per heavy atom. The molecule has 5 nitrogen and oxygen atoms in total. The van der Waals surface area contributed by atoms with Crippen molar-refractivity contribution in [1.82, 2.24) is 20.4 Å². The highest BCUT2D eigenvalue weighted by atomic mass is 127. The van der Waals surface area contributed by atoms with Gasteiger partial charge in [-0.05, 0) is 36.6 Å². The highest BCUT2D eigenvalue weighted by Crippen LogP contribution is 2.05. The smallest absolute Gasteiger partial charge is 0.190 e. The molecule has 1 fully saturated rings. The molecule has 0 aliphatic carbocycles. The minimum absolute atomic E-state index is 0. The summed E-state index contributed by atoms with van der Waals surface area (Å²) in [6, 6.07) is 6.75. The molecule has 0 amide bonds. The number of nitrogens with zero attached hydrogens (tertiary/aromatic N) is 3. The van der Waals surface area contributed by atoms with E-state index < -0.39 is 0 Å². The van der Waals surface area contributed by atoms with E-state index >= 15 is 0 Å². The highest BCUT2D eigenvalue weighted by molar-refractivity contribution is 14.0. The van der Waals surface area contributed by atoms with Crippen LogP contribution in [0.2, 0.25) is 0 Å². The minimum Gasteiger partial charge on any atom is -0.356 e. The van der Waals surface area contributed by atoms with Gasteiger partial charge < -0.3 is 20.4 Å². The number of hydrogen-bond acceptors (Lipinski definition) is 3. The van der Waals surface area contributed by atoms with Gasteiger partial charge in [0.2, 0.25) is 0 Å². The van der Waals surface area contributed by atoms with E-state index in [0.717, 1.165) is 44.1 Å². The van der Waals surface area contributed by atoms with Crippen LogP contribution in [0, 0.1) is 11.7 Å². The summed E-state index contributed by atoms with van der Waals surface area (Å²) >= 11 is 0. The van der Waals surface area contributed by atoms with E-state index in [4.69, 9.17) is 0 Å². The SMILES string of the molecule is CCN1CCN(CC(C)CNC(=NC)NCCc2cccc(F)c2)CC1.I. The number of halogens is 2. The fraction of sp³-hybridized carbons (Fsp3) is 0.650. The lowest BCUT2D eigenvalue weighted by atomic mass is 10.1. The van der Waals surface area contributed by atoms with E-state index in [2.05, 4.69) is 39.3 Å². The lowest BCUT2D eigenvalue weighted by Gasteiger charge is -2.35. The Kier molecular flexibility index (Phi) is 11.9. The molecule has 7 heteroatoms. The molecule has 0 bridgehead atoms. The number of aliphatic imine (C=N–C) groups is 1. The van der Waals surface area contributed by atoms with Crippen molar-refractivity contribution in [3.8, 4) is 0 Å². The molecule has 154 valence electrons. The number of benzene rings is 1. The van der Waals surface area contributed by atoms with Gasteiger partial charge in [0.05, 0.1) is 0 Å². The maximum atomic E-state index is 13.2. The van der Waals surface area contributed by atoms with E-state index in [9.17, 15) is 4.39 Å². The van der Waals surface area contributed by atoms with Gasteiger partial charge in [-0.15, -0.1) is 24.0 Å². The minimum atomic E-state index is -0.182. The Hall–Kier alpha value is -0.930. The third-order valence-corrected chi connectivity index (χ3v) is 4.92. The van der Waals surface area contributed by atoms with Crippen LogP contribution < -0.4 is 10.6 Å². The summed E-state index contributed by atoms with van der Waals surface area (Å²) in [7, 11) is 1.78. The van der Waals surface area contributed by atoms with Crippen LogP contribution in [0.1, 0.15) is 19.4 Å². The molecule has 2 rings (SSSR count). The average Bonchev–Trinajstić information content (AvgIpc) is 2.65. The van der Waals surface area contributed by atoms with Crippen LogP contribution >= 0.6 is 24.0 Å². The number of hydrogen-bond donors (Lipinski definition) is 2. The number of piperazine rings is 1. The van der Waals surface area contributed by atoms with Gasteiger partial charge in [-0.1, -0.05) is 26.0 Å². The van der Waals surface area contributed by atoms with Crippen molar-refractivity contribution in [2.24, 2.45) is 10.9 Å². The van der Waals surface area contributed by atoms with Crippen molar-refractivity contribution in [1.29, 1.82) is 0 Å². The monoisotopic (exact) mass is 491 g/mol. The fourth-order valence-electron chi connectivity index (χ4n) is 3.30. The predicted molar refractivity (Wildman–Crippen MR) is 123 cm³/mol. The van der Waals surface area contributed by atoms with Crippen molar-refractivity contribution in [2.75, 3.05) is 59.4 Å². The molecule has 27 heavy (non-hydrogen) atoms. The first-order valence-corrected chi connectivity index (χ1v) is 9.74. The van der Waals surface area contributed by atoms with E-state index in [0.29, 0.717) is 5.92 Å². The van der Waals surface area contributed by atoms with E-state index in [1.54, 1.807) is 19.2 Å². The average molecular weight is 491 g/mol. The van der Waals surface area contributed by atoms with Gasteiger partial charge in [-0.3, -0.25) is 4.99 Å².